The second-order valence-electron chi connectivity index (χ2n) is 15.8. The number of fused-ring (bicyclic) bond motifs is 4. The second-order valence-corrected chi connectivity index (χ2v) is 15.8. The van der Waals surface area contributed by atoms with Crippen LogP contribution >= 0.6 is 0 Å². The first-order valence-corrected chi connectivity index (χ1v) is 18.6. The molecule has 5 atom stereocenters. The van der Waals surface area contributed by atoms with Crippen molar-refractivity contribution in [2.75, 3.05) is 26.7 Å². The van der Waals surface area contributed by atoms with Gasteiger partial charge in [0, 0.05) is 25.4 Å². The molecule has 0 spiro atoms. The Morgan fingerprint density at radius 2 is 1.83 bits per heavy atom. The van der Waals surface area contributed by atoms with E-state index in [1.807, 2.05) is 33.9 Å². The van der Waals surface area contributed by atoms with Gasteiger partial charge in [-0.25, -0.2) is 9.59 Å². The first-order chi connectivity index (χ1) is 24.8. The predicted molar refractivity (Wildman–Crippen MR) is 194 cm³/mol. The highest BCUT2D eigenvalue weighted by atomic mass is 16.6. The van der Waals surface area contributed by atoms with Gasteiger partial charge in [0.25, 0.3) is 0 Å². The number of alkyl carbamates (subject to hydrolysis) is 1. The molecule has 2 amide bonds. The Hall–Kier alpha value is -4.17. The number of likely N-dealkylation sites (N-methyl/N-ethyl adjacent to an activating group) is 1. The van der Waals surface area contributed by atoms with Crippen LogP contribution in [0.4, 0.5) is 4.79 Å². The molecule has 14 nitrogen and oxygen atoms in total. The number of aryl methyl sites for hydroxylation is 1. The Bertz CT molecular complexity index is 1550. The van der Waals surface area contributed by atoms with Crippen LogP contribution in [0.15, 0.2) is 24.0 Å². The van der Waals surface area contributed by atoms with E-state index in [1.54, 1.807) is 26.8 Å². The number of amides is 2. The van der Waals surface area contributed by atoms with Gasteiger partial charge in [0.2, 0.25) is 5.91 Å². The standard InChI is InChI=1S/C39H57N3O11/c1-23(2)22-49-32(43)14-13-28(41-37(47)53-38(5,6)7)35(45)40-18-16-33(44)50-25(4)36(46)52-29-15-17-39(48)21-30(29)51-34-24(3)11-12-26-20-31(39)42(8)19-9-10-27(26)34/h11-12,15,23,25,28,30-31,48H,9-10,13-14,16-22H2,1-8H3,(H,40,45)(H,41,47)/t25-,28-,30+,31+,39-/m0/s1. The third-order valence-corrected chi connectivity index (χ3v) is 9.54. The molecule has 0 radical (unpaired) electrons. The molecule has 0 saturated carbocycles. The molecular weight excluding hydrogens is 686 g/mol. The molecule has 1 aliphatic carbocycles. The molecule has 2 heterocycles. The summed E-state index contributed by atoms with van der Waals surface area (Å²) in [5, 5.41) is 17.0. The fourth-order valence-corrected chi connectivity index (χ4v) is 6.80. The molecule has 6 bridgehead atoms. The lowest BCUT2D eigenvalue weighted by molar-refractivity contribution is -0.165. The number of nitrogens with zero attached hydrogens (tertiary/aromatic N) is 1. The summed E-state index contributed by atoms with van der Waals surface area (Å²) in [4.78, 5) is 65.8. The number of nitrogens with one attached hydrogen (secondary N) is 2. The lowest BCUT2D eigenvalue weighted by Crippen LogP contribution is -2.56. The molecule has 0 unspecified atom stereocenters. The average Bonchev–Trinajstić information content (AvgIpc) is 3.06. The maximum absolute atomic E-state index is 13.2. The molecule has 53 heavy (non-hydrogen) atoms. The van der Waals surface area contributed by atoms with Gasteiger partial charge < -0.3 is 44.3 Å². The van der Waals surface area contributed by atoms with Gasteiger partial charge in [0.15, 0.2) is 12.2 Å². The summed E-state index contributed by atoms with van der Waals surface area (Å²) in [5.41, 5.74) is 1.29. The summed E-state index contributed by atoms with van der Waals surface area (Å²) in [6.45, 7) is 13.1. The van der Waals surface area contributed by atoms with Gasteiger partial charge in [0.1, 0.15) is 23.2 Å². The van der Waals surface area contributed by atoms with Crippen molar-refractivity contribution in [3.05, 3.63) is 40.7 Å². The highest BCUT2D eigenvalue weighted by molar-refractivity contribution is 5.86. The Balaban J connectivity index is 1.33. The molecule has 1 aromatic carbocycles. The van der Waals surface area contributed by atoms with E-state index < -0.39 is 59.4 Å². The molecule has 294 valence electrons. The van der Waals surface area contributed by atoms with Crippen LogP contribution in [0.2, 0.25) is 0 Å². The van der Waals surface area contributed by atoms with Crippen LogP contribution in [0.3, 0.4) is 0 Å². The predicted octanol–water partition coefficient (Wildman–Crippen LogP) is 3.81. The van der Waals surface area contributed by atoms with Crippen LogP contribution in [0.5, 0.6) is 5.75 Å². The van der Waals surface area contributed by atoms with Gasteiger partial charge in [-0.2, -0.15) is 0 Å². The van der Waals surface area contributed by atoms with Crippen LogP contribution in [0.1, 0.15) is 96.8 Å². The van der Waals surface area contributed by atoms with Crippen LogP contribution in [0, 0.1) is 12.8 Å². The van der Waals surface area contributed by atoms with Crippen molar-refractivity contribution in [1.29, 1.82) is 0 Å². The fourth-order valence-electron chi connectivity index (χ4n) is 6.80. The zero-order valence-electron chi connectivity index (χ0n) is 32.4. The van der Waals surface area contributed by atoms with Crippen LogP contribution in [-0.4, -0.2) is 102 Å². The van der Waals surface area contributed by atoms with Crippen molar-refractivity contribution in [1.82, 2.24) is 15.5 Å². The van der Waals surface area contributed by atoms with E-state index in [0.717, 1.165) is 41.8 Å². The van der Waals surface area contributed by atoms with Crippen molar-refractivity contribution in [3.63, 3.8) is 0 Å². The summed E-state index contributed by atoms with van der Waals surface area (Å²) in [5.74, 6) is -1.59. The Labute approximate surface area is 312 Å². The van der Waals surface area contributed by atoms with Gasteiger partial charge in [-0.05, 0) is 109 Å². The van der Waals surface area contributed by atoms with Crippen LogP contribution < -0.4 is 15.4 Å². The molecular formula is C39H57N3O11. The summed E-state index contributed by atoms with van der Waals surface area (Å²) in [7, 11) is 2.03. The van der Waals surface area contributed by atoms with Crippen molar-refractivity contribution in [2.45, 2.75) is 135 Å². The van der Waals surface area contributed by atoms with Gasteiger partial charge in [-0.1, -0.05) is 26.0 Å². The monoisotopic (exact) mass is 743 g/mol. The van der Waals surface area contributed by atoms with Crippen molar-refractivity contribution >= 4 is 29.9 Å². The zero-order valence-corrected chi connectivity index (χ0v) is 32.4. The number of carbonyl (C=O) groups excluding carboxylic acids is 5. The number of aliphatic hydroxyl groups is 1. The number of rotatable bonds is 13. The molecule has 2 aliphatic heterocycles. The molecule has 0 aromatic heterocycles. The summed E-state index contributed by atoms with van der Waals surface area (Å²) in [6.07, 6.45) is 1.26. The molecule has 0 saturated heterocycles. The minimum Gasteiger partial charge on any atom is -0.482 e. The summed E-state index contributed by atoms with van der Waals surface area (Å²) in [6, 6.07) is 2.84. The van der Waals surface area contributed by atoms with E-state index in [9.17, 15) is 29.1 Å². The topological polar surface area (TPSA) is 179 Å². The number of carbonyl (C=O) groups is 5. The van der Waals surface area contributed by atoms with E-state index in [0.29, 0.717) is 6.42 Å². The third kappa shape index (κ3) is 11.7. The first-order valence-electron chi connectivity index (χ1n) is 18.6. The molecule has 4 rings (SSSR count). The van der Waals surface area contributed by atoms with E-state index in [4.69, 9.17) is 23.7 Å². The number of hydrogen-bond acceptors (Lipinski definition) is 12. The maximum Gasteiger partial charge on any atom is 0.408 e. The summed E-state index contributed by atoms with van der Waals surface area (Å²) >= 11 is 0. The second kappa shape index (κ2) is 17.8. The summed E-state index contributed by atoms with van der Waals surface area (Å²) < 4.78 is 28.1. The number of hydrogen-bond donors (Lipinski definition) is 3. The Morgan fingerprint density at radius 1 is 1.09 bits per heavy atom. The fraction of sp³-hybridized carbons (Fsp3) is 0.667. The Kier molecular flexibility index (Phi) is 13.9. The molecule has 3 N–H and O–H groups in total. The largest absolute Gasteiger partial charge is 0.482 e. The smallest absolute Gasteiger partial charge is 0.408 e. The molecule has 1 aromatic rings. The van der Waals surface area contributed by atoms with Gasteiger partial charge in [0.05, 0.1) is 18.6 Å². The van der Waals surface area contributed by atoms with E-state index in [1.165, 1.54) is 6.92 Å². The molecule has 0 fully saturated rings. The number of esters is 3. The maximum atomic E-state index is 13.2. The normalized spacial score (nSPS) is 22.3. The quantitative estimate of drug-likeness (QED) is 0.197. The Morgan fingerprint density at radius 3 is 2.53 bits per heavy atom. The van der Waals surface area contributed by atoms with Crippen LogP contribution in [0.25, 0.3) is 0 Å². The van der Waals surface area contributed by atoms with Gasteiger partial charge in [-0.3, -0.25) is 14.4 Å². The van der Waals surface area contributed by atoms with Gasteiger partial charge in [-0.15, -0.1) is 0 Å². The minimum atomic E-state index is -1.28. The SMILES string of the molecule is Cc1ccc2c3c1O[C@@H]1C[C@@](O)(CC=C1OC(=O)[C@H](C)OC(=O)CCNC(=O)[C@H](CCC(=O)OCC(C)C)NC(=O)OC(C)(C)C)[C@@H](C2)N(C)CCC3. The lowest BCUT2D eigenvalue weighted by atomic mass is 9.77. The van der Waals surface area contributed by atoms with Crippen LogP contribution in [-0.2, 0) is 51.0 Å². The van der Waals surface area contributed by atoms with Crippen molar-refractivity contribution in [3.8, 4) is 5.75 Å². The van der Waals surface area contributed by atoms with Gasteiger partial charge >= 0.3 is 24.0 Å². The lowest BCUT2D eigenvalue weighted by Gasteiger charge is -2.44. The highest BCUT2D eigenvalue weighted by Crippen LogP contribution is 2.42. The molecule has 14 heteroatoms. The van der Waals surface area contributed by atoms with Crippen molar-refractivity contribution in [2.24, 2.45) is 5.92 Å². The average molecular weight is 744 g/mol. The minimum absolute atomic E-state index is 0.0586. The number of ether oxygens (including phenoxy) is 5. The van der Waals surface area contributed by atoms with E-state index in [2.05, 4.69) is 21.6 Å². The first kappa shape index (κ1) is 41.6. The highest BCUT2D eigenvalue weighted by Gasteiger charge is 2.47. The molecule has 3 aliphatic rings. The number of benzene rings is 1. The van der Waals surface area contributed by atoms with E-state index in [-0.39, 0.29) is 63.0 Å². The third-order valence-electron chi connectivity index (χ3n) is 9.54. The van der Waals surface area contributed by atoms with Crippen molar-refractivity contribution < 1.29 is 52.8 Å². The zero-order chi connectivity index (χ0) is 39.1. The van der Waals surface area contributed by atoms with E-state index >= 15 is 0 Å².